The van der Waals surface area contributed by atoms with E-state index < -0.39 is 0 Å². The van der Waals surface area contributed by atoms with Crippen LogP contribution in [-0.2, 0) is 7.05 Å². The summed E-state index contributed by atoms with van der Waals surface area (Å²) in [5.41, 5.74) is 3.72. The van der Waals surface area contributed by atoms with Crippen LogP contribution in [0.4, 0.5) is 0 Å². The number of nitrogens with zero attached hydrogens (tertiary/aromatic N) is 4. The molecule has 3 aromatic rings. The maximum absolute atomic E-state index is 13.0. The molecule has 1 amide bonds. The van der Waals surface area contributed by atoms with Crippen molar-refractivity contribution in [2.45, 2.75) is 38.5 Å². The van der Waals surface area contributed by atoms with Gasteiger partial charge < -0.3 is 9.88 Å². The van der Waals surface area contributed by atoms with Gasteiger partial charge in [0.15, 0.2) is 0 Å². The number of aryl methyl sites for hydroxylation is 1. The SMILES string of the molecule is CC(C)c1cc(C(=O)N2CCC[C@@H](c3cc4cccnc4[nH]3)C2)n(C)n1. The van der Waals surface area contributed by atoms with Crippen LogP contribution in [0.1, 0.15) is 60.4 Å². The van der Waals surface area contributed by atoms with Gasteiger partial charge in [-0.1, -0.05) is 13.8 Å². The van der Waals surface area contributed by atoms with E-state index in [4.69, 9.17) is 0 Å². The fraction of sp³-hybridized carbons (Fsp3) is 0.450. The van der Waals surface area contributed by atoms with Crippen molar-refractivity contribution in [2.75, 3.05) is 13.1 Å². The lowest BCUT2D eigenvalue weighted by Crippen LogP contribution is -2.40. The summed E-state index contributed by atoms with van der Waals surface area (Å²) >= 11 is 0. The Bertz CT molecular complexity index is 906. The highest BCUT2D eigenvalue weighted by atomic mass is 16.2. The number of rotatable bonds is 3. The first-order valence-electron chi connectivity index (χ1n) is 9.30. The number of aromatic nitrogens is 4. The number of aromatic amines is 1. The van der Waals surface area contributed by atoms with Gasteiger partial charge in [0.25, 0.3) is 5.91 Å². The van der Waals surface area contributed by atoms with Crippen molar-refractivity contribution in [3.63, 3.8) is 0 Å². The molecule has 1 saturated heterocycles. The molecule has 1 aliphatic heterocycles. The molecule has 136 valence electrons. The van der Waals surface area contributed by atoms with E-state index in [1.165, 1.54) is 5.69 Å². The fourth-order valence-corrected chi connectivity index (χ4v) is 3.75. The number of amides is 1. The standard InChI is InChI=1S/C20H25N5O/c1-13(2)16-11-18(24(3)23-16)20(26)25-9-5-7-15(12-25)17-10-14-6-4-8-21-19(14)22-17/h4,6,8,10-11,13,15H,5,7,9,12H2,1-3H3,(H,21,22)/t15-/m1/s1. The van der Waals surface area contributed by atoms with Gasteiger partial charge in [-0.05, 0) is 43.0 Å². The second kappa shape index (κ2) is 6.59. The monoisotopic (exact) mass is 351 g/mol. The average Bonchev–Trinajstić information content (AvgIpc) is 3.25. The molecule has 4 rings (SSSR count). The van der Waals surface area contributed by atoms with Crippen molar-refractivity contribution in [3.05, 3.63) is 47.5 Å². The predicted molar refractivity (Wildman–Crippen MR) is 101 cm³/mol. The van der Waals surface area contributed by atoms with Gasteiger partial charge in [0.1, 0.15) is 11.3 Å². The van der Waals surface area contributed by atoms with Gasteiger partial charge in [-0.2, -0.15) is 5.10 Å². The minimum absolute atomic E-state index is 0.0748. The molecular formula is C20H25N5O. The van der Waals surface area contributed by atoms with E-state index in [2.05, 4.69) is 41.0 Å². The van der Waals surface area contributed by atoms with Crippen molar-refractivity contribution in [2.24, 2.45) is 7.05 Å². The van der Waals surface area contributed by atoms with Gasteiger partial charge >= 0.3 is 0 Å². The summed E-state index contributed by atoms with van der Waals surface area (Å²) in [6.07, 6.45) is 3.89. The Morgan fingerprint density at radius 2 is 2.19 bits per heavy atom. The number of nitrogens with one attached hydrogen (secondary N) is 1. The van der Waals surface area contributed by atoms with Crippen LogP contribution in [0, 0.1) is 0 Å². The first-order chi connectivity index (χ1) is 12.5. The maximum Gasteiger partial charge on any atom is 0.272 e. The highest BCUT2D eigenvalue weighted by Gasteiger charge is 2.28. The molecule has 0 bridgehead atoms. The van der Waals surface area contributed by atoms with Gasteiger partial charge in [-0.3, -0.25) is 9.48 Å². The number of carbonyl (C=O) groups excluding carboxylic acids is 1. The second-order valence-electron chi connectivity index (χ2n) is 7.49. The van der Waals surface area contributed by atoms with Crippen LogP contribution in [0.25, 0.3) is 11.0 Å². The van der Waals surface area contributed by atoms with Crippen LogP contribution in [0.5, 0.6) is 0 Å². The zero-order valence-corrected chi connectivity index (χ0v) is 15.6. The van der Waals surface area contributed by atoms with Crippen molar-refractivity contribution in [1.29, 1.82) is 0 Å². The maximum atomic E-state index is 13.0. The van der Waals surface area contributed by atoms with E-state index in [1.54, 1.807) is 10.9 Å². The van der Waals surface area contributed by atoms with Crippen molar-refractivity contribution in [3.8, 4) is 0 Å². The number of hydrogen-bond acceptors (Lipinski definition) is 3. The van der Waals surface area contributed by atoms with Crippen LogP contribution < -0.4 is 0 Å². The predicted octanol–water partition coefficient (Wildman–Crippen LogP) is 3.44. The Balaban J connectivity index is 1.55. The quantitative estimate of drug-likeness (QED) is 0.786. The normalized spacial score (nSPS) is 18.0. The average molecular weight is 351 g/mol. The molecule has 0 spiro atoms. The smallest absolute Gasteiger partial charge is 0.272 e. The Labute approximate surface area is 153 Å². The Hall–Kier alpha value is -2.63. The molecule has 0 unspecified atom stereocenters. The first-order valence-corrected chi connectivity index (χ1v) is 9.30. The molecule has 0 saturated carbocycles. The molecular weight excluding hydrogens is 326 g/mol. The summed E-state index contributed by atoms with van der Waals surface area (Å²) in [5.74, 6) is 0.709. The van der Waals surface area contributed by atoms with Gasteiger partial charge in [-0.15, -0.1) is 0 Å². The van der Waals surface area contributed by atoms with Crippen molar-refractivity contribution in [1.82, 2.24) is 24.6 Å². The third kappa shape index (κ3) is 3.00. The second-order valence-corrected chi connectivity index (χ2v) is 7.49. The van der Waals surface area contributed by atoms with Crippen molar-refractivity contribution < 1.29 is 4.79 Å². The van der Waals surface area contributed by atoms with E-state index in [0.717, 1.165) is 42.7 Å². The number of pyridine rings is 1. The van der Waals surface area contributed by atoms with E-state index in [9.17, 15) is 4.79 Å². The third-order valence-electron chi connectivity index (χ3n) is 5.27. The number of H-pyrrole nitrogens is 1. The highest BCUT2D eigenvalue weighted by molar-refractivity contribution is 5.93. The molecule has 0 aromatic carbocycles. The number of carbonyl (C=O) groups is 1. The minimum atomic E-state index is 0.0748. The van der Waals surface area contributed by atoms with Crippen LogP contribution in [-0.4, -0.2) is 43.6 Å². The van der Waals surface area contributed by atoms with Crippen LogP contribution in [0.2, 0.25) is 0 Å². The van der Waals surface area contributed by atoms with E-state index in [0.29, 0.717) is 17.5 Å². The first kappa shape index (κ1) is 16.8. The molecule has 6 heteroatoms. The van der Waals surface area contributed by atoms with Gasteiger partial charge in [0, 0.05) is 43.3 Å². The molecule has 0 radical (unpaired) electrons. The van der Waals surface area contributed by atoms with Gasteiger partial charge in [0.05, 0.1) is 5.69 Å². The van der Waals surface area contributed by atoms with Crippen molar-refractivity contribution >= 4 is 16.9 Å². The van der Waals surface area contributed by atoms with Crippen LogP contribution >= 0.6 is 0 Å². The largest absolute Gasteiger partial charge is 0.343 e. The number of piperidine rings is 1. The van der Waals surface area contributed by atoms with Crippen LogP contribution in [0.3, 0.4) is 0 Å². The third-order valence-corrected chi connectivity index (χ3v) is 5.27. The Kier molecular flexibility index (Phi) is 4.26. The lowest BCUT2D eigenvalue weighted by molar-refractivity contribution is 0.0695. The zero-order chi connectivity index (χ0) is 18.3. The topological polar surface area (TPSA) is 66.8 Å². The van der Waals surface area contributed by atoms with Gasteiger partial charge in [0.2, 0.25) is 0 Å². The summed E-state index contributed by atoms with van der Waals surface area (Å²) in [7, 11) is 1.85. The zero-order valence-electron chi connectivity index (χ0n) is 15.6. The minimum Gasteiger partial charge on any atom is -0.343 e. The molecule has 26 heavy (non-hydrogen) atoms. The van der Waals surface area contributed by atoms with E-state index >= 15 is 0 Å². The molecule has 1 aliphatic rings. The summed E-state index contributed by atoms with van der Waals surface area (Å²) in [6.45, 7) is 5.72. The molecule has 1 N–H and O–H groups in total. The molecule has 3 aromatic heterocycles. The van der Waals surface area contributed by atoms with E-state index in [1.807, 2.05) is 24.1 Å². The molecule has 1 atom stereocenters. The summed E-state index contributed by atoms with van der Waals surface area (Å²) in [4.78, 5) is 22.8. The molecule has 4 heterocycles. The lowest BCUT2D eigenvalue weighted by atomic mass is 9.94. The van der Waals surface area contributed by atoms with Crippen LogP contribution in [0.15, 0.2) is 30.5 Å². The number of likely N-dealkylation sites (tertiary alicyclic amines) is 1. The summed E-state index contributed by atoms with van der Waals surface area (Å²) < 4.78 is 1.72. The van der Waals surface area contributed by atoms with E-state index in [-0.39, 0.29) is 5.91 Å². The lowest BCUT2D eigenvalue weighted by Gasteiger charge is -2.32. The molecule has 0 aliphatic carbocycles. The Morgan fingerprint density at radius 1 is 1.35 bits per heavy atom. The number of hydrogen-bond donors (Lipinski definition) is 1. The summed E-state index contributed by atoms with van der Waals surface area (Å²) in [5, 5.41) is 5.61. The van der Waals surface area contributed by atoms with Gasteiger partial charge in [-0.25, -0.2) is 4.98 Å². The highest BCUT2D eigenvalue weighted by Crippen LogP contribution is 2.29. The number of fused-ring (bicyclic) bond motifs is 1. The molecule has 6 nitrogen and oxygen atoms in total. The molecule has 1 fully saturated rings. The Morgan fingerprint density at radius 3 is 2.92 bits per heavy atom. The summed E-state index contributed by atoms with van der Waals surface area (Å²) in [6, 6.07) is 8.12. The fourth-order valence-electron chi connectivity index (χ4n) is 3.75.